The van der Waals surface area contributed by atoms with Gasteiger partial charge >= 0.3 is 7.69 Å². The SMILES string of the molecule is COc1ccc(O[B]O)cc1COCC(=O)Nc1ccc(S(=O)(=O)C2CC2)c(CN(C)C)c1. The van der Waals surface area contributed by atoms with Gasteiger partial charge in [-0.3, -0.25) is 4.79 Å². The van der Waals surface area contributed by atoms with Gasteiger partial charge in [-0.1, -0.05) is 0 Å². The summed E-state index contributed by atoms with van der Waals surface area (Å²) in [6.07, 6.45) is 1.38. The van der Waals surface area contributed by atoms with Gasteiger partial charge in [0.25, 0.3) is 0 Å². The van der Waals surface area contributed by atoms with Gasteiger partial charge in [0.1, 0.15) is 18.1 Å². The highest BCUT2D eigenvalue weighted by atomic mass is 32.2. The maximum atomic E-state index is 12.8. The molecule has 0 saturated heterocycles. The van der Waals surface area contributed by atoms with Crippen LogP contribution in [0, 0.1) is 0 Å². The van der Waals surface area contributed by atoms with E-state index < -0.39 is 9.84 Å². The zero-order valence-electron chi connectivity index (χ0n) is 18.9. The van der Waals surface area contributed by atoms with Crippen molar-refractivity contribution in [2.45, 2.75) is 36.1 Å². The van der Waals surface area contributed by atoms with Crippen molar-refractivity contribution in [2.24, 2.45) is 0 Å². The van der Waals surface area contributed by atoms with E-state index in [0.29, 0.717) is 60.3 Å². The Morgan fingerprint density at radius 3 is 2.58 bits per heavy atom. The predicted octanol–water partition coefficient (Wildman–Crippen LogP) is 1.75. The fourth-order valence-corrected chi connectivity index (χ4v) is 5.27. The Morgan fingerprint density at radius 1 is 1.18 bits per heavy atom. The largest absolute Gasteiger partial charge is 0.569 e. The summed E-state index contributed by atoms with van der Waals surface area (Å²) in [5, 5.41) is 11.2. The quantitative estimate of drug-likeness (QED) is 0.447. The number of methoxy groups -OCH3 is 1. The van der Waals surface area contributed by atoms with Crippen LogP contribution < -0.4 is 14.7 Å². The number of nitrogens with one attached hydrogen (secondary N) is 1. The second-order valence-electron chi connectivity index (χ2n) is 8.04. The van der Waals surface area contributed by atoms with E-state index in [-0.39, 0.29) is 24.4 Å². The van der Waals surface area contributed by atoms with Crippen LogP contribution in [-0.2, 0) is 32.5 Å². The highest BCUT2D eigenvalue weighted by Crippen LogP contribution is 2.36. The molecule has 1 aliphatic carbocycles. The van der Waals surface area contributed by atoms with Crippen molar-refractivity contribution in [3.8, 4) is 11.5 Å². The van der Waals surface area contributed by atoms with Gasteiger partial charge in [-0.15, -0.1) is 0 Å². The van der Waals surface area contributed by atoms with Crippen LogP contribution in [0.1, 0.15) is 24.0 Å². The van der Waals surface area contributed by atoms with Gasteiger partial charge in [0.2, 0.25) is 5.91 Å². The zero-order chi connectivity index (χ0) is 24.0. The maximum absolute atomic E-state index is 12.8. The zero-order valence-corrected chi connectivity index (χ0v) is 19.7. The lowest BCUT2D eigenvalue weighted by Crippen LogP contribution is -2.20. The summed E-state index contributed by atoms with van der Waals surface area (Å²) in [4.78, 5) is 14.6. The van der Waals surface area contributed by atoms with E-state index >= 15 is 0 Å². The number of carbonyl (C=O) groups is 1. The topological polar surface area (TPSA) is 114 Å². The summed E-state index contributed by atoms with van der Waals surface area (Å²) < 4.78 is 41.3. The molecule has 2 N–H and O–H groups in total. The lowest BCUT2D eigenvalue weighted by atomic mass is 10.2. The minimum atomic E-state index is -3.35. The number of ether oxygens (including phenoxy) is 2. The lowest BCUT2D eigenvalue weighted by molar-refractivity contribution is -0.121. The molecule has 11 heteroatoms. The van der Waals surface area contributed by atoms with Crippen LogP contribution in [0.25, 0.3) is 0 Å². The van der Waals surface area contributed by atoms with Crippen LogP contribution in [-0.4, -0.2) is 65.0 Å². The highest BCUT2D eigenvalue weighted by Gasteiger charge is 2.38. The number of benzene rings is 2. The Labute approximate surface area is 194 Å². The summed E-state index contributed by atoms with van der Waals surface area (Å²) in [5.74, 6) is 0.580. The van der Waals surface area contributed by atoms with E-state index in [2.05, 4.69) is 5.32 Å². The monoisotopic (exact) mass is 475 g/mol. The molecular formula is C22H28BN2O7S. The Morgan fingerprint density at radius 2 is 1.94 bits per heavy atom. The molecule has 0 atom stereocenters. The van der Waals surface area contributed by atoms with Gasteiger partial charge in [-0.05, 0) is 68.9 Å². The van der Waals surface area contributed by atoms with Crippen molar-refractivity contribution >= 4 is 29.1 Å². The number of rotatable bonds is 12. The highest BCUT2D eigenvalue weighted by molar-refractivity contribution is 7.92. The molecule has 177 valence electrons. The third-order valence-corrected chi connectivity index (χ3v) is 7.39. The number of carbonyl (C=O) groups excluding carboxylic acids is 1. The summed E-state index contributed by atoms with van der Waals surface area (Å²) >= 11 is 0. The number of anilines is 1. The van der Waals surface area contributed by atoms with Crippen LogP contribution in [0.5, 0.6) is 11.5 Å². The lowest BCUT2D eigenvalue weighted by Gasteiger charge is -2.16. The Bertz CT molecular complexity index is 1090. The first-order valence-electron chi connectivity index (χ1n) is 10.4. The number of sulfone groups is 1. The minimum absolute atomic E-state index is 0.0870. The van der Waals surface area contributed by atoms with Crippen LogP contribution in [0.3, 0.4) is 0 Å². The van der Waals surface area contributed by atoms with E-state index in [1.54, 1.807) is 36.4 Å². The number of hydrogen-bond donors (Lipinski definition) is 2. The predicted molar refractivity (Wildman–Crippen MR) is 124 cm³/mol. The van der Waals surface area contributed by atoms with Crippen molar-refractivity contribution < 1.29 is 32.4 Å². The molecule has 33 heavy (non-hydrogen) atoms. The van der Waals surface area contributed by atoms with Gasteiger partial charge in [0.15, 0.2) is 9.84 Å². The summed E-state index contributed by atoms with van der Waals surface area (Å²) in [6, 6.07) is 9.79. The first-order valence-corrected chi connectivity index (χ1v) is 12.0. The second-order valence-corrected chi connectivity index (χ2v) is 10.2. The summed E-state index contributed by atoms with van der Waals surface area (Å²) in [7, 11) is 2.46. The first-order chi connectivity index (χ1) is 15.7. The van der Waals surface area contributed by atoms with Crippen molar-refractivity contribution in [1.29, 1.82) is 0 Å². The molecule has 1 aliphatic rings. The molecule has 0 unspecified atom stereocenters. The van der Waals surface area contributed by atoms with Crippen LogP contribution in [0.15, 0.2) is 41.3 Å². The van der Waals surface area contributed by atoms with Gasteiger partial charge in [-0.25, -0.2) is 8.42 Å². The first kappa shape index (κ1) is 25.0. The van der Waals surface area contributed by atoms with Gasteiger partial charge in [-0.2, -0.15) is 0 Å². The smallest absolute Gasteiger partial charge is 0.537 e. The molecule has 1 radical (unpaired) electrons. The number of nitrogens with zero attached hydrogens (tertiary/aromatic N) is 1. The fraction of sp³-hybridized carbons (Fsp3) is 0.409. The fourth-order valence-electron chi connectivity index (χ4n) is 3.41. The summed E-state index contributed by atoms with van der Waals surface area (Å²) in [5.41, 5.74) is 1.79. The van der Waals surface area contributed by atoms with Gasteiger partial charge < -0.3 is 29.4 Å². The second kappa shape index (κ2) is 11.0. The summed E-state index contributed by atoms with van der Waals surface area (Å²) in [6.45, 7) is 0.306. The van der Waals surface area contributed by atoms with Crippen LogP contribution in [0.2, 0.25) is 0 Å². The van der Waals surface area contributed by atoms with E-state index in [0.717, 1.165) is 0 Å². The average molecular weight is 475 g/mol. The molecule has 1 fully saturated rings. The van der Waals surface area contributed by atoms with Gasteiger partial charge in [0.05, 0.1) is 23.9 Å². The maximum Gasteiger partial charge on any atom is 0.569 e. The molecule has 1 saturated carbocycles. The average Bonchev–Trinajstić information content (AvgIpc) is 3.60. The normalized spacial score (nSPS) is 13.6. The van der Waals surface area contributed by atoms with Gasteiger partial charge in [0, 0.05) is 17.8 Å². The van der Waals surface area contributed by atoms with Crippen molar-refractivity contribution in [1.82, 2.24) is 4.90 Å². The minimum Gasteiger partial charge on any atom is -0.537 e. The molecule has 2 aromatic rings. The number of hydrogen-bond acceptors (Lipinski definition) is 8. The Balaban J connectivity index is 1.64. The molecular weight excluding hydrogens is 447 g/mol. The molecule has 0 heterocycles. The number of amides is 1. The molecule has 0 spiro atoms. The molecule has 0 aliphatic heterocycles. The van der Waals surface area contributed by atoms with E-state index in [1.165, 1.54) is 7.11 Å². The Kier molecular flexibility index (Phi) is 8.36. The molecule has 0 bridgehead atoms. The standard InChI is InChI=1S/C22H28BN2O7S/c1-25(2)12-15-10-17(4-9-21(15)33(28,29)19-6-7-19)24-22(26)14-31-13-16-11-18(32-23-27)5-8-20(16)30-3/h4-5,8-11,19,27H,6-7,12-14H2,1-3H3,(H,24,26). The molecule has 2 aromatic carbocycles. The molecule has 3 rings (SSSR count). The van der Waals surface area contributed by atoms with Crippen molar-refractivity contribution in [3.63, 3.8) is 0 Å². The van der Waals surface area contributed by atoms with Crippen LogP contribution in [0.4, 0.5) is 5.69 Å². The van der Waals surface area contributed by atoms with E-state index in [1.807, 2.05) is 19.0 Å². The molecule has 1 amide bonds. The third-order valence-electron chi connectivity index (χ3n) is 5.03. The molecule has 0 aromatic heterocycles. The van der Waals surface area contributed by atoms with E-state index in [4.69, 9.17) is 19.2 Å². The molecule has 9 nitrogen and oxygen atoms in total. The third kappa shape index (κ3) is 6.70. The van der Waals surface area contributed by atoms with Crippen molar-refractivity contribution in [2.75, 3.05) is 33.1 Å². The van der Waals surface area contributed by atoms with E-state index in [9.17, 15) is 13.2 Å². The van der Waals surface area contributed by atoms with Crippen molar-refractivity contribution in [3.05, 3.63) is 47.5 Å². The van der Waals surface area contributed by atoms with Crippen LogP contribution >= 0.6 is 0 Å². The Hall–Kier alpha value is -2.60.